The molecule has 1 aromatic rings. The number of ether oxygens (including phenoxy) is 1. The quantitative estimate of drug-likeness (QED) is 0.873. The Kier molecular flexibility index (Phi) is 5.25. The van der Waals surface area contributed by atoms with E-state index in [0.29, 0.717) is 19.3 Å². The van der Waals surface area contributed by atoms with Gasteiger partial charge in [0, 0.05) is 19.2 Å². The minimum absolute atomic E-state index is 0.158. The highest BCUT2D eigenvalue weighted by Gasteiger charge is 2.50. The van der Waals surface area contributed by atoms with Gasteiger partial charge in [-0.15, -0.1) is 0 Å². The van der Waals surface area contributed by atoms with Crippen molar-refractivity contribution in [2.24, 2.45) is 0 Å². The number of nitrogens with zero attached hydrogens (tertiary/aromatic N) is 2. The maximum absolute atomic E-state index is 14.6. The molecular weight excluding hydrogens is 327 g/mol. The number of carboxylic acid groups (broad SMARTS) is 1. The van der Waals surface area contributed by atoms with E-state index < -0.39 is 29.3 Å². The van der Waals surface area contributed by atoms with E-state index in [1.807, 2.05) is 0 Å². The molecule has 0 aliphatic carbocycles. The smallest absolute Gasteiger partial charge is 0.412 e. The lowest BCUT2D eigenvalue weighted by Crippen LogP contribution is -2.62. The molecule has 1 saturated heterocycles. The number of rotatable bonds is 2. The molecule has 1 fully saturated rings. The summed E-state index contributed by atoms with van der Waals surface area (Å²) in [4.78, 5) is 26.9. The Labute approximate surface area is 147 Å². The minimum atomic E-state index is -1.43. The van der Waals surface area contributed by atoms with E-state index in [1.165, 1.54) is 30.1 Å². The van der Waals surface area contributed by atoms with E-state index in [0.717, 1.165) is 4.90 Å². The van der Waals surface area contributed by atoms with Crippen LogP contribution in [0.5, 0.6) is 0 Å². The van der Waals surface area contributed by atoms with Gasteiger partial charge in [-0.1, -0.05) is 18.2 Å². The van der Waals surface area contributed by atoms with Crippen molar-refractivity contribution in [3.63, 3.8) is 0 Å². The second-order valence-electron chi connectivity index (χ2n) is 7.23. The summed E-state index contributed by atoms with van der Waals surface area (Å²) in [6.45, 7) is 5.40. The van der Waals surface area contributed by atoms with Crippen LogP contribution in [-0.2, 0) is 10.4 Å². The molecule has 25 heavy (non-hydrogen) atoms. The van der Waals surface area contributed by atoms with Gasteiger partial charge in [0.25, 0.3) is 0 Å². The van der Waals surface area contributed by atoms with Gasteiger partial charge >= 0.3 is 12.2 Å². The Morgan fingerprint density at radius 3 is 2.48 bits per heavy atom. The van der Waals surface area contributed by atoms with Crippen molar-refractivity contribution in [1.82, 2.24) is 9.80 Å². The van der Waals surface area contributed by atoms with E-state index >= 15 is 0 Å². The molecule has 0 saturated carbocycles. The summed E-state index contributed by atoms with van der Waals surface area (Å²) in [6.07, 6.45) is -0.256. The average Bonchev–Trinajstić information content (AvgIpc) is 2.52. The fraction of sp³-hybridized carbons (Fsp3) is 0.556. The fourth-order valence-corrected chi connectivity index (χ4v) is 3.29. The summed E-state index contributed by atoms with van der Waals surface area (Å²) < 4.78 is 20.0. The summed E-state index contributed by atoms with van der Waals surface area (Å²) in [5.74, 6) is -0.550. The Balaban J connectivity index is 2.58. The number of piperidine rings is 1. The fourth-order valence-electron chi connectivity index (χ4n) is 3.29. The minimum Gasteiger partial charge on any atom is -0.465 e. The van der Waals surface area contributed by atoms with Gasteiger partial charge in [-0.3, -0.25) is 9.80 Å². The van der Waals surface area contributed by atoms with E-state index in [4.69, 9.17) is 4.74 Å². The first kappa shape index (κ1) is 19.0. The van der Waals surface area contributed by atoms with Crippen LogP contribution in [0, 0.1) is 5.82 Å². The number of hydrogen-bond acceptors (Lipinski definition) is 3. The topological polar surface area (TPSA) is 70.1 Å². The molecule has 1 aliphatic heterocycles. The highest BCUT2D eigenvalue weighted by atomic mass is 19.1. The number of likely N-dealkylation sites (tertiary alicyclic amines) is 1. The van der Waals surface area contributed by atoms with Crippen LogP contribution in [0.3, 0.4) is 0 Å². The zero-order chi connectivity index (χ0) is 18.8. The predicted octanol–water partition coefficient (Wildman–Crippen LogP) is 4.01. The lowest BCUT2D eigenvalue weighted by Gasteiger charge is -2.50. The van der Waals surface area contributed by atoms with Crippen LogP contribution in [0.15, 0.2) is 24.3 Å². The summed E-state index contributed by atoms with van der Waals surface area (Å²) in [7, 11) is 1.46. The first-order valence-corrected chi connectivity index (χ1v) is 8.32. The van der Waals surface area contributed by atoms with Crippen LogP contribution in [0.1, 0.15) is 45.6 Å². The first-order chi connectivity index (χ1) is 11.6. The van der Waals surface area contributed by atoms with Crippen molar-refractivity contribution in [2.75, 3.05) is 13.6 Å². The largest absolute Gasteiger partial charge is 0.465 e. The van der Waals surface area contributed by atoms with Crippen molar-refractivity contribution in [2.45, 2.75) is 51.3 Å². The Morgan fingerprint density at radius 2 is 1.92 bits per heavy atom. The molecule has 0 spiro atoms. The molecular formula is C18H25FN2O4. The van der Waals surface area contributed by atoms with Crippen molar-refractivity contribution in [1.29, 1.82) is 0 Å². The molecule has 1 aromatic carbocycles. The molecule has 1 heterocycles. The Morgan fingerprint density at radius 1 is 1.28 bits per heavy atom. The van der Waals surface area contributed by atoms with Gasteiger partial charge in [0.1, 0.15) is 11.4 Å². The van der Waals surface area contributed by atoms with Gasteiger partial charge in [0.15, 0.2) is 5.66 Å². The van der Waals surface area contributed by atoms with Crippen LogP contribution in [0.4, 0.5) is 14.0 Å². The van der Waals surface area contributed by atoms with Gasteiger partial charge < -0.3 is 9.84 Å². The summed E-state index contributed by atoms with van der Waals surface area (Å²) in [5.41, 5.74) is -2.02. The highest BCUT2D eigenvalue weighted by molar-refractivity contribution is 5.72. The summed E-state index contributed by atoms with van der Waals surface area (Å²) >= 11 is 0. The van der Waals surface area contributed by atoms with E-state index in [2.05, 4.69) is 0 Å². The van der Waals surface area contributed by atoms with Crippen molar-refractivity contribution in [3.05, 3.63) is 35.6 Å². The molecule has 1 N–H and O–H groups in total. The molecule has 138 valence electrons. The molecule has 2 amide bonds. The standard InChI is InChI=1S/C18H25FN2O4/c1-17(2,3)25-16(24)20(4)18(13-9-5-6-10-14(13)19)11-7-8-12-21(18)15(22)23/h5-6,9-10H,7-8,11-12H2,1-4H3,(H,22,23). The zero-order valence-corrected chi connectivity index (χ0v) is 15.1. The van der Waals surface area contributed by atoms with Crippen LogP contribution in [-0.4, -0.2) is 46.3 Å². The van der Waals surface area contributed by atoms with Gasteiger partial charge in [-0.25, -0.2) is 14.0 Å². The predicted molar refractivity (Wildman–Crippen MR) is 90.7 cm³/mol. The molecule has 7 heteroatoms. The molecule has 0 aromatic heterocycles. The maximum Gasteiger partial charge on any atom is 0.412 e. The van der Waals surface area contributed by atoms with Crippen LogP contribution < -0.4 is 0 Å². The monoisotopic (exact) mass is 352 g/mol. The lowest BCUT2D eigenvalue weighted by molar-refractivity contribution is -0.0711. The van der Waals surface area contributed by atoms with Gasteiger partial charge in [-0.05, 0) is 46.1 Å². The normalized spacial score (nSPS) is 20.9. The molecule has 0 radical (unpaired) electrons. The Bertz CT molecular complexity index is 659. The Hall–Kier alpha value is -2.31. The molecule has 1 atom stereocenters. The third-order valence-corrected chi connectivity index (χ3v) is 4.36. The van der Waals surface area contributed by atoms with Crippen LogP contribution in [0.2, 0.25) is 0 Å². The molecule has 1 unspecified atom stereocenters. The van der Waals surface area contributed by atoms with E-state index in [-0.39, 0.29) is 12.1 Å². The summed E-state index contributed by atoms with van der Waals surface area (Å²) in [6, 6.07) is 5.97. The number of benzene rings is 1. The average molecular weight is 352 g/mol. The van der Waals surface area contributed by atoms with Crippen LogP contribution >= 0.6 is 0 Å². The van der Waals surface area contributed by atoms with Crippen molar-refractivity contribution < 1.29 is 23.8 Å². The molecule has 6 nitrogen and oxygen atoms in total. The summed E-state index contributed by atoms with van der Waals surface area (Å²) in [5, 5.41) is 9.71. The maximum atomic E-state index is 14.6. The number of halogens is 1. The molecule has 2 rings (SSSR count). The number of carbonyl (C=O) groups excluding carboxylic acids is 1. The molecule has 0 bridgehead atoms. The van der Waals surface area contributed by atoms with Gasteiger partial charge in [0.05, 0.1) is 0 Å². The zero-order valence-electron chi connectivity index (χ0n) is 15.1. The second kappa shape index (κ2) is 6.90. The SMILES string of the molecule is CN(C(=O)OC(C)(C)C)C1(c2ccccc2F)CCCCN1C(=O)O. The third-order valence-electron chi connectivity index (χ3n) is 4.36. The van der Waals surface area contributed by atoms with E-state index in [9.17, 15) is 19.1 Å². The van der Waals surface area contributed by atoms with E-state index in [1.54, 1.807) is 26.8 Å². The van der Waals surface area contributed by atoms with Gasteiger partial charge in [-0.2, -0.15) is 0 Å². The number of carbonyl (C=O) groups is 2. The van der Waals surface area contributed by atoms with Gasteiger partial charge in [0.2, 0.25) is 0 Å². The lowest BCUT2D eigenvalue weighted by atomic mass is 9.86. The second-order valence-corrected chi connectivity index (χ2v) is 7.23. The van der Waals surface area contributed by atoms with Crippen molar-refractivity contribution >= 4 is 12.2 Å². The number of amides is 2. The molecule has 1 aliphatic rings. The third kappa shape index (κ3) is 3.70. The highest BCUT2D eigenvalue weighted by Crippen LogP contribution is 2.42. The number of hydrogen-bond donors (Lipinski definition) is 1. The first-order valence-electron chi connectivity index (χ1n) is 8.32. The van der Waals surface area contributed by atoms with Crippen molar-refractivity contribution in [3.8, 4) is 0 Å². The van der Waals surface area contributed by atoms with Crippen LogP contribution in [0.25, 0.3) is 0 Å².